The van der Waals surface area contributed by atoms with Crippen LogP contribution in [0.15, 0.2) is 24.3 Å². The van der Waals surface area contributed by atoms with Crippen molar-refractivity contribution >= 4 is 17.7 Å². The summed E-state index contributed by atoms with van der Waals surface area (Å²) in [5, 5.41) is 0. The first-order chi connectivity index (χ1) is 13.5. The van der Waals surface area contributed by atoms with Gasteiger partial charge in [0.05, 0.1) is 5.56 Å². The molecule has 0 N–H and O–H groups in total. The van der Waals surface area contributed by atoms with Crippen molar-refractivity contribution < 1.29 is 13.6 Å². The minimum atomic E-state index is -0.829. The molecule has 6 nitrogen and oxygen atoms in total. The minimum absolute atomic E-state index is 0.0991. The molecule has 2 aliphatic rings. The van der Waals surface area contributed by atoms with Crippen molar-refractivity contribution in [1.82, 2.24) is 14.9 Å². The molecule has 1 aromatic heterocycles. The standard InChI is InChI=1S/C20H23F2N5O/c1-14-12-18(25-6-2-3-7-25)24-20(23-14)27-10-8-26(9-11-27)19(28)16-5-4-15(21)13-17(16)22/h4-5,12-13H,2-3,6-11H2,1H3. The van der Waals surface area contributed by atoms with E-state index in [1.54, 1.807) is 4.90 Å². The molecule has 2 aliphatic heterocycles. The summed E-state index contributed by atoms with van der Waals surface area (Å²) in [6.07, 6.45) is 2.36. The fraction of sp³-hybridized carbons (Fsp3) is 0.450. The molecule has 0 atom stereocenters. The first-order valence-electron chi connectivity index (χ1n) is 9.61. The van der Waals surface area contributed by atoms with E-state index in [1.807, 2.05) is 13.0 Å². The predicted octanol–water partition coefficient (Wildman–Crippen LogP) is 2.63. The van der Waals surface area contributed by atoms with E-state index in [-0.39, 0.29) is 5.56 Å². The molecule has 0 radical (unpaired) electrons. The first kappa shape index (κ1) is 18.6. The third kappa shape index (κ3) is 3.76. The Kier molecular flexibility index (Phi) is 5.11. The molecule has 2 aromatic rings. The van der Waals surface area contributed by atoms with Gasteiger partial charge in [-0.1, -0.05) is 0 Å². The quantitative estimate of drug-likeness (QED) is 0.811. The number of amides is 1. The lowest BCUT2D eigenvalue weighted by Crippen LogP contribution is -2.49. The second kappa shape index (κ2) is 7.69. The number of aromatic nitrogens is 2. The van der Waals surface area contributed by atoms with E-state index < -0.39 is 17.5 Å². The number of carbonyl (C=O) groups excluding carboxylic acids is 1. The fourth-order valence-corrected chi connectivity index (χ4v) is 3.73. The van der Waals surface area contributed by atoms with Crippen molar-refractivity contribution in [2.45, 2.75) is 19.8 Å². The summed E-state index contributed by atoms with van der Waals surface area (Å²) >= 11 is 0. The van der Waals surface area contributed by atoms with Crippen LogP contribution in [0.2, 0.25) is 0 Å². The van der Waals surface area contributed by atoms with Gasteiger partial charge >= 0.3 is 0 Å². The Morgan fingerprint density at radius 1 is 0.929 bits per heavy atom. The number of anilines is 2. The van der Waals surface area contributed by atoms with Crippen LogP contribution in [0, 0.1) is 18.6 Å². The van der Waals surface area contributed by atoms with Crippen molar-refractivity contribution in [3.05, 3.63) is 47.2 Å². The normalized spacial score (nSPS) is 17.3. The van der Waals surface area contributed by atoms with Crippen molar-refractivity contribution in [3.63, 3.8) is 0 Å². The average molecular weight is 387 g/mol. The third-order valence-electron chi connectivity index (χ3n) is 5.27. The van der Waals surface area contributed by atoms with Gasteiger partial charge in [-0.15, -0.1) is 0 Å². The lowest BCUT2D eigenvalue weighted by Gasteiger charge is -2.35. The Morgan fingerprint density at radius 2 is 1.64 bits per heavy atom. The molecular formula is C20H23F2N5O. The molecule has 1 amide bonds. The summed E-state index contributed by atoms with van der Waals surface area (Å²) in [6, 6.07) is 5.05. The van der Waals surface area contributed by atoms with Crippen LogP contribution in [-0.4, -0.2) is 60.0 Å². The highest BCUT2D eigenvalue weighted by Gasteiger charge is 2.26. The SMILES string of the molecule is Cc1cc(N2CCCC2)nc(N2CCN(C(=O)c3ccc(F)cc3F)CC2)n1. The third-order valence-corrected chi connectivity index (χ3v) is 5.27. The van der Waals surface area contributed by atoms with Crippen LogP contribution >= 0.6 is 0 Å². The highest BCUT2D eigenvalue weighted by Crippen LogP contribution is 2.22. The topological polar surface area (TPSA) is 52.6 Å². The maximum Gasteiger partial charge on any atom is 0.256 e. The van der Waals surface area contributed by atoms with Crippen LogP contribution in [-0.2, 0) is 0 Å². The lowest BCUT2D eigenvalue weighted by atomic mass is 10.1. The summed E-state index contributed by atoms with van der Waals surface area (Å²) in [6.45, 7) is 6.00. The van der Waals surface area contributed by atoms with Crippen LogP contribution in [0.5, 0.6) is 0 Å². The largest absolute Gasteiger partial charge is 0.356 e. The van der Waals surface area contributed by atoms with E-state index in [2.05, 4.69) is 14.8 Å². The second-order valence-electron chi connectivity index (χ2n) is 7.27. The monoisotopic (exact) mass is 387 g/mol. The Morgan fingerprint density at radius 3 is 2.32 bits per heavy atom. The number of aryl methyl sites for hydroxylation is 1. The van der Waals surface area contributed by atoms with Crippen LogP contribution in [0.3, 0.4) is 0 Å². The number of benzene rings is 1. The van der Waals surface area contributed by atoms with E-state index in [1.165, 1.54) is 18.9 Å². The van der Waals surface area contributed by atoms with E-state index in [9.17, 15) is 13.6 Å². The summed E-state index contributed by atoms with van der Waals surface area (Å²) in [7, 11) is 0. The fourth-order valence-electron chi connectivity index (χ4n) is 3.73. The van der Waals surface area contributed by atoms with Gasteiger partial charge in [0.15, 0.2) is 0 Å². The Hall–Kier alpha value is -2.77. The van der Waals surface area contributed by atoms with Crippen LogP contribution in [0.1, 0.15) is 28.9 Å². The molecule has 0 saturated carbocycles. The number of hydrogen-bond donors (Lipinski definition) is 0. The number of hydrogen-bond acceptors (Lipinski definition) is 5. The zero-order valence-electron chi connectivity index (χ0n) is 15.9. The number of nitrogens with zero attached hydrogens (tertiary/aromatic N) is 5. The molecule has 148 valence electrons. The Labute approximate surface area is 162 Å². The lowest BCUT2D eigenvalue weighted by molar-refractivity contribution is 0.0741. The van der Waals surface area contributed by atoms with Crippen molar-refractivity contribution in [2.75, 3.05) is 49.1 Å². The van der Waals surface area contributed by atoms with Crippen LogP contribution < -0.4 is 9.80 Å². The highest BCUT2D eigenvalue weighted by molar-refractivity contribution is 5.94. The van der Waals surface area contributed by atoms with E-state index in [4.69, 9.17) is 4.98 Å². The second-order valence-corrected chi connectivity index (χ2v) is 7.27. The van der Waals surface area contributed by atoms with Crippen LogP contribution in [0.25, 0.3) is 0 Å². The van der Waals surface area contributed by atoms with Crippen LogP contribution in [0.4, 0.5) is 20.5 Å². The zero-order chi connectivity index (χ0) is 19.7. The summed E-state index contributed by atoms with van der Waals surface area (Å²) in [5.74, 6) is -0.317. The van der Waals surface area contributed by atoms with E-state index >= 15 is 0 Å². The number of rotatable bonds is 3. The first-order valence-corrected chi connectivity index (χ1v) is 9.61. The Balaban J connectivity index is 1.44. The molecule has 1 aromatic carbocycles. The molecule has 3 heterocycles. The molecule has 2 fully saturated rings. The summed E-state index contributed by atoms with van der Waals surface area (Å²) in [4.78, 5) is 27.8. The molecule has 0 unspecified atom stereocenters. The molecule has 0 bridgehead atoms. The predicted molar refractivity (Wildman–Crippen MR) is 103 cm³/mol. The number of piperazine rings is 1. The summed E-state index contributed by atoms with van der Waals surface area (Å²) < 4.78 is 27.0. The highest BCUT2D eigenvalue weighted by atomic mass is 19.1. The maximum absolute atomic E-state index is 13.9. The Bertz CT molecular complexity index is 877. The average Bonchev–Trinajstić information content (AvgIpc) is 3.22. The molecule has 0 spiro atoms. The van der Waals surface area contributed by atoms with E-state index in [0.29, 0.717) is 32.1 Å². The molecule has 0 aliphatic carbocycles. The van der Waals surface area contributed by atoms with Gasteiger partial charge in [0.1, 0.15) is 17.5 Å². The summed E-state index contributed by atoms with van der Waals surface area (Å²) in [5.41, 5.74) is 0.816. The molecule has 4 rings (SSSR count). The maximum atomic E-state index is 13.9. The van der Waals surface area contributed by atoms with Crippen molar-refractivity contribution in [2.24, 2.45) is 0 Å². The van der Waals surface area contributed by atoms with Gasteiger partial charge in [0, 0.05) is 57.1 Å². The van der Waals surface area contributed by atoms with Gasteiger partial charge in [-0.05, 0) is 31.9 Å². The van der Waals surface area contributed by atoms with Gasteiger partial charge in [0.2, 0.25) is 5.95 Å². The minimum Gasteiger partial charge on any atom is -0.356 e. The zero-order valence-corrected chi connectivity index (χ0v) is 15.9. The van der Waals surface area contributed by atoms with E-state index in [0.717, 1.165) is 36.7 Å². The molecule has 2 saturated heterocycles. The molecule has 8 heteroatoms. The molecule has 28 heavy (non-hydrogen) atoms. The van der Waals surface area contributed by atoms with Gasteiger partial charge < -0.3 is 14.7 Å². The number of halogens is 2. The van der Waals surface area contributed by atoms with Gasteiger partial charge in [0.25, 0.3) is 5.91 Å². The van der Waals surface area contributed by atoms with Gasteiger partial charge in [-0.25, -0.2) is 13.8 Å². The number of carbonyl (C=O) groups is 1. The molecular weight excluding hydrogens is 364 g/mol. The van der Waals surface area contributed by atoms with Crippen molar-refractivity contribution in [3.8, 4) is 0 Å². The smallest absolute Gasteiger partial charge is 0.256 e. The van der Waals surface area contributed by atoms with Gasteiger partial charge in [-0.2, -0.15) is 4.98 Å². The van der Waals surface area contributed by atoms with Gasteiger partial charge in [-0.3, -0.25) is 4.79 Å². The van der Waals surface area contributed by atoms with Crippen molar-refractivity contribution in [1.29, 1.82) is 0 Å².